The van der Waals surface area contributed by atoms with Gasteiger partial charge in [0.2, 0.25) is 10.0 Å². The van der Waals surface area contributed by atoms with Gasteiger partial charge in [0.1, 0.15) is 0 Å². The van der Waals surface area contributed by atoms with Gasteiger partial charge in [-0.15, -0.1) is 5.10 Å². The van der Waals surface area contributed by atoms with E-state index in [1.807, 2.05) is 0 Å². The van der Waals surface area contributed by atoms with Gasteiger partial charge in [-0.1, -0.05) is 69.2 Å². The van der Waals surface area contributed by atoms with Crippen molar-refractivity contribution >= 4 is 10.0 Å². The van der Waals surface area contributed by atoms with Crippen LogP contribution in [0.4, 0.5) is 13.2 Å². The fraction of sp³-hybridized carbons (Fsp3) is 0.500. The highest BCUT2D eigenvalue weighted by Gasteiger charge is 2.30. The molecule has 0 aliphatic rings. The Morgan fingerprint density at radius 2 is 1.50 bits per heavy atom. The average Bonchev–Trinajstić information content (AvgIpc) is 3.40. The number of methoxy groups -OCH3 is 2. The third kappa shape index (κ3) is 8.69. The van der Waals surface area contributed by atoms with Gasteiger partial charge in [-0.2, -0.15) is 13.2 Å². The number of hydrogen-bond donors (Lipinski definition) is 1. The van der Waals surface area contributed by atoms with Crippen LogP contribution in [0.3, 0.4) is 0 Å². The van der Waals surface area contributed by atoms with Gasteiger partial charge < -0.3 is 9.47 Å². The Labute approximate surface area is 233 Å². The van der Waals surface area contributed by atoms with Crippen LogP contribution in [-0.2, 0) is 29.3 Å². The molecule has 8 nitrogen and oxygen atoms in total. The number of aryl methyl sites for hydroxylation is 1. The van der Waals surface area contributed by atoms with Crippen molar-refractivity contribution < 1.29 is 31.1 Å². The lowest BCUT2D eigenvalue weighted by molar-refractivity contribution is -0.137. The van der Waals surface area contributed by atoms with Gasteiger partial charge in [-0.25, -0.2) is 13.1 Å². The number of aromatic nitrogens is 3. The van der Waals surface area contributed by atoms with Crippen molar-refractivity contribution in [1.82, 2.24) is 19.7 Å². The van der Waals surface area contributed by atoms with Crippen LogP contribution >= 0.6 is 0 Å². The normalized spacial score (nSPS) is 12.1. The van der Waals surface area contributed by atoms with Crippen molar-refractivity contribution in [3.8, 4) is 22.6 Å². The third-order valence-corrected chi connectivity index (χ3v) is 8.01. The van der Waals surface area contributed by atoms with Crippen LogP contribution in [-0.4, -0.2) is 37.6 Å². The van der Waals surface area contributed by atoms with Crippen LogP contribution in [0.1, 0.15) is 69.5 Å². The molecule has 3 rings (SSSR count). The molecular formula is C28H37F3N4O4S. The van der Waals surface area contributed by atoms with E-state index >= 15 is 0 Å². The first kappa shape index (κ1) is 31.4. The van der Waals surface area contributed by atoms with E-state index in [-0.39, 0.29) is 34.1 Å². The molecule has 1 heterocycles. The molecule has 0 aliphatic heterocycles. The Balaban J connectivity index is 1.71. The van der Waals surface area contributed by atoms with Gasteiger partial charge in [0.05, 0.1) is 36.9 Å². The molecule has 0 saturated carbocycles. The molecule has 12 heteroatoms. The largest absolute Gasteiger partial charge is 0.493 e. The number of alkyl halides is 3. The van der Waals surface area contributed by atoms with Crippen LogP contribution in [0.25, 0.3) is 11.1 Å². The number of nitrogens with one attached hydrogen (secondary N) is 1. The number of hydrogen-bond acceptors (Lipinski definition) is 6. The molecule has 1 N–H and O–H groups in total. The number of rotatable bonds is 16. The van der Waals surface area contributed by atoms with Crippen LogP contribution in [0, 0.1) is 0 Å². The van der Waals surface area contributed by atoms with E-state index in [0.29, 0.717) is 12.2 Å². The highest BCUT2D eigenvalue weighted by Crippen LogP contribution is 2.39. The van der Waals surface area contributed by atoms with E-state index in [4.69, 9.17) is 9.47 Å². The topological polar surface area (TPSA) is 95.3 Å². The highest BCUT2D eigenvalue weighted by molar-refractivity contribution is 7.89. The molecule has 0 aliphatic carbocycles. The first-order valence-electron chi connectivity index (χ1n) is 13.4. The number of ether oxygens (including phenoxy) is 2. The molecule has 0 unspecified atom stereocenters. The summed E-state index contributed by atoms with van der Waals surface area (Å²) in [4.78, 5) is -0.170. The summed E-state index contributed by atoms with van der Waals surface area (Å²) in [5.41, 5.74) is 0.0388. The van der Waals surface area contributed by atoms with E-state index in [1.54, 1.807) is 10.9 Å². The summed E-state index contributed by atoms with van der Waals surface area (Å²) in [5.74, 6) is 0.398. The Kier molecular flexibility index (Phi) is 11.4. The molecule has 40 heavy (non-hydrogen) atoms. The second kappa shape index (κ2) is 14.5. The first-order valence-corrected chi connectivity index (χ1v) is 14.9. The number of unbranched alkanes of at least 4 members (excludes halogenated alkanes) is 7. The number of nitrogens with zero attached hydrogens (tertiary/aromatic N) is 3. The lowest BCUT2D eigenvalue weighted by atomic mass is 10.0. The molecular weight excluding hydrogens is 545 g/mol. The predicted molar refractivity (Wildman–Crippen MR) is 147 cm³/mol. The standard InChI is InChI=1S/C28H37F3N4O4S/c1-4-5-6-7-8-9-10-11-16-35-20-23(33-34-35)19-32-40(36,37)27-18-26(39-3)25(38-2)17-24(27)21-12-14-22(15-13-21)28(29,30)31/h12-15,17-18,20,32H,4-11,16,19H2,1-3H3. The molecule has 1 aromatic heterocycles. The maximum Gasteiger partial charge on any atom is 0.416 e. The van der Waals surface area contributed by atoms with Gasteiger partial charge in [-0.3, -0.25) is 4.68 Å². The van der Waals surface area contributed by atoms with E-state index in [9.17, 15) is 21.6 Å². The van der Waals surface area contributed by atoms with Crippen LogP contribution in [0.5, 0.6) is 11.5 Å². The maximum atomic E-state index is 13.4. The minimum absolute atomic E-state index is 0.111. The van der Waals surface area contributed by atoms with Crippen molar-refractivity contribution in [2.45, 2.75) is 82.5 Å². The van der Waals surface area contributed by atoms with Crippen LogP contribution < -0.4 is 14.2 Å². The fourth-order valence-electron chi connectivity index (χ4n) is 4.33. The lowest BCUT2D eigenvalue weighted by Gasteiger charge is -2.16. The summed E-state index contributed by atoms with van der Waals surface area (Å²) in [5, 5.41) is 8.17. The van der Waals surface area contributed by atoms with Gasteiger partial charge in [0, 0.05) is 24.4 Å². The summed E-state index contributed by atoms with van der Waals surface area (Å²) >= 11 is 0. The predicted octanol–water partition coefficient (Wildman–Crippen LogP) is 6.60. The summed E-state index contributed by atoms with van der Waals surface area (Å²) < 4.78 is 80.8. The summed E-state index contributed by atoms with van der Waals surface area (Å²) in [7, 11) is -1.39. The van der Waals surface area contributed by atoms with Crippen molar-refractivity contribution in [3.63, 3.8) is 0 Å². The zero-order valence-corrected chi connectivity index (χ0v) is 23.9. The Morgan fingerprint density at radius 1 is 0.900 bits per heavy atom. The second-order valence-electron chi connectivity index (χ2n) is 9.55. The summed E-state index contributed by atoms with van der Waals surface area (Å²) in [6.45, 7) is 2.79. The second-order valence-corrected chi connectivity index (χ2v) is 11.3. The molecule has 0 spiro atoms. The zero-order chi connectivity index (χ0) is 29.2. The van der Waals surface area contributed by atoms with Crippen LogP contribution in [0.15, 0.2) is 47.5 Å². The average molecular weight is 583 g/mol. The van der Waals surface area contributed by atoms with Crippen molar-refractivity contribution in [1.29, 1.82) is 0 Å². The molecule has 0 fully saturated rings. The Bertz CT molecular complexity index is 1330. The molecule has 0 radical (unpaired) electrons. The molecule has 2 aromatic carbocycles. The van der Waals surface area contributed by atoms with Gasteiger partial charge in [-0.05, 0) is 30.2 Å². The van der Waals surface area contributed by atoms with Crippen molar-refractivity contribution in [3.05, 3.63) is 53.9 Å². The first-order chi connectivity index (χ1) is 19.1. The van der Waals surface area contributed by atoms with E-state index in [2.05, 4.69) is 22.0 Å². The zero-order valence-electron chi connectivity index (χ0n) is 23.1. The third-order valence-electron chi connectivity index (χ3n) is 6.57. The maximum absolute atomic E-state index is 13.4. The summed E-state index contributed by atoms with van der Waals surface area (Å²) in [6.07, 6.45) is 6.73. The molecule has 220 valence electrons. The quantitative estimate of drug-likeness (QED) is 0.191. The molecule has 0 atom stereocenters. The van der Waals surface area contributed by atoms with Crippen molar-refractivity contribution in [2.24, 2.45) is 0 Å². The Morgan fingerprint density at radius 3 is 2.10 bits per heavy atom. The van der Waals surface area contributed by atoms with Gasteiger partial charge >= 0.3 is 6.18 Å². The summed E-state index contributed by atoms with van der Waals surface area (Å²) in [6, 6.07) is 6.96. The SMILES string of the molecule is CCCCCCCCCCn1cc(CNS(=O)(=O)c2cc(OC)c(OC)cc2-c2ccc(C(F)(F)F)cc2)nn1. The Hall–Kier alpha value is -3.12. The lowest BCUT2D eigenvalue weighted by Crippen LogP contribution is -2.24. The number of sulfonamides is 1. The minimum Gasteiger partial charge on any atom is -0.493 e. The monoisotopic (exact) mass is 582 g/mol. The van der Waals surface area contributed by atoms with Crippen molar-refractivity contribution in [2.75, 3.05) is 14.2 Å². The van der Waals surface area contributed by atoms with E-state index < -0.39 is 21.8 Å². The molecule has 0 amide bonds. The van der Waals surface area contributed by atoms with E-state index in [0.717, 1.165) is 25.0 Å². The molecule has 3 aromatic rings. The van der Waals surface area contributed by atoms with Crippen LogP contribution in [0.2, 0.25) is 0 Å². The highest BCUT2D eigenvalue weighted by atomic mass is 32.2. The smallest absolute Gasteiger partial charge is 0.416 e. The van der Waals surface area contributed by atoms with Gasteiger partial charge in [0.15, 0.2) is 11.5 Å². The number of halogens is 3. The fourth-order valence-corrected chi connectivity index (χ4v) is 5.55. The van der Waals surface area contributed by atoms with E-state index in [1.165, 1.54) is 77.0 Å². The molecule has 0 saturated heterocycles. The minimum atomic E-state index is -4.52. The molecule has 0 bridgehead atoms. The van der Waals surface area contributed by atoms with Gasteiger partial charge in [0.25, 0.3) is 0 Å². The number of benzene rings is 2.